The van der Waals surface area contributed by atoms with E-state index in [1.165, 1.54) is 0 Å². The van der Waals surface area contributed by atoms with Crippen LogP contribution in [-0.2, 0) is 4.79 Å². The largest absolute Gasteiger partial charge is 0.299 e. The van der Waals surface area contributed by atoms with Crippen molar-refractivity contribution in [1.29, 1.82) is 0 Å². The number of benzene rings is 1. The van der Waals surface area contributed by atoms with E-state index in [1.807, 2.05) is 24.3 Å². The Morgan fingerprint density at radius 3 is 2.80 bits per heavy atom. The lowest BCUT2D eigenvalue weighted by Crippen LogP contribution is -2.05. The molecule has 0 aromatic heterocycles. The molecule has 0 amide bonds. The standard InChI is InChI=1S/C12H15ClOS/c1-9(2)6-11(14)8-15-12-5-3-4-10(13)7-12/h3-5,7,9H,6,8H2,1-2H3. The summed E-state index contributed by atoms with van der Waals surface area (Å²) in [5.41, 5.74) is 0. The van der Waals surface area contributed by atoms with Crippen LogP contribution in [0.2, 0.25) is 5.02 Å². The van der Waals surface area contributed by atoms with Crippen molar-refractivity contribution in [2.45, 2.75) is 25.2 Å². The Hall–Kier alpha value is -0.470. The molecule has 0 unspecified atom stereocenters. The van der Waals surface area contributed by atoms with Gasteiger partial charge in [0.15, 0.2) is 0 Å². The van der Waals surface area contributed by atoms with Gasteiger partial charge in [-0.2, -0.15) is 0 Å². The predicted molar refractivity (Wildman–Crippen MR) is 66.6 cm³/mol. The van der Waals surface area contributed by atoms with E-state index in [-0.39, 0.29) is 0 Å². The van der Waals surface area contributed by atoms with Gasteiger partial charge in [-0.25, -0.2) is 0 Å². The highest BCUT2D eigenvalue weighted by atomic mass is 35.5. The lowest BCUT2D eigenvalue weighted by molar-refractivity contribution is -0.117. The number of Topliss-reactive ketones (excluding diaryl/α,β-unsaturated/α-hetero) is 1. The third-order valence-corrected chi connectivity index (χ3v) is 3.12. The average molecular weight is 243 g/mol. The van der Waals surface area contributed by atoms with Gasteiger partial charge < -0.3 is 0 Å². The Kier molecular flexibility index (Phi) is 5.20. The van der Waals surface area contributed by atoms with Crippen LogP contribution in [0, 0.1) is 5.92 Å². The first kappa shape index (κ1) is 12.6. The van der Waals surface area contributed by atoms with Gasteiger partial charge >= 0.3 is 0 Å². The number of carbonyl (C=O) groups is 1. The first-order valence-corrected chi connectivity index (χ1v) is 6.34. The molecule has 82 valence electrons. The molecule has 1 rings (SSSR count). The van der Waals surface area contributed by atoms with Gasteiger partial charge in [-0.15, -0.1) is 11.8 Å². The number of ketones is 1. The van der Waals surface area contributed by atoms with E-state index in [0.717, 1.165) is 9.92 Å². The van der Waals surface area contributed by atoms with Crippen molar-refractivity contribution in [3.63, 3.8) is 0 Å². The number of hydrogen-bond acceptors (Lipinski definition) is 2. The molecule has 0 N–H and O–H groups in total. The maximum atomic E-state index is 11.5. The quantitative estimate of drug-likeness (QED) is 0.725. The smallest absolute Gasteiger partial charge is 0.143 e. The summed E-state index contributed by atoms with van der Waals surface area (Å²) >= 11 is 7.40. The third kappa shape index (κ3) is 5.24. The van der Waals surface area contributed by atoms with Crippen LogP contribution in [-0.4, -0.2) is 11.5 Å². The van der Waals surface area contributed by atoms with Crippen molar-refractivity contribution in [3.8, 4) is 0 Å². The molecule has 1 aromatic rings. The first-order valence-electron chi connectivity index (χ1n) is 4.98. The molecule has 0 saturated heterocycles. The van der Waals surface area contributed by atoms with Crippen molar-refractivity contribution in [3.05, 3.63) is 29.3 Å². The molecule has 0 fully saturated rings. The average Bonchev–Trinajstić information content (AvgIpc) is 2.14. The summed E-state index contributed by atoms with van der Waals surface area (Å²) in [6.07, 6.45) is 0.660. The summed E-state index contributed by atoms with van der Waals surface area (Å²) in [5.74, 6) is 1.28. The monoisotopic (exact) mass is 242 g/mol. The molecular weight excluding hydrogens is 228 g/mol. The Morgan fingerprint density at radius 2 is 2.20 bits per heavy atom. The molecule has 1 nitrogen and oxygen atoms in total. The van der Waals surface area contributed by atoms with Crippen LogP contribution in [0.1, 0.15) is 20.3 Å². The summed E-state index contributed by atoms with van der Waals surface area (Å²) < 4.78 is 0. The van der Waals surface area contributed by atoms with Gasteiger partial charge in [0, 0.05) is 16.3 Å². The molecule has 3 heteroatoms. The lowest BCUT2D eigenvalue weighted by atomic mass is 10.1. The van der Waals surface area contributed by atoms with Crippen molar-refractivity contribution in [2.24, 2.45) is 5.92 Å². The first-order chi connectivity index (χ1) is 7.08. The van der Waals surface area contributed by atoms with Crippen LogP contribution in [0.5, 0.6) is 0 Å². The Morgan fingerprint density at radius 1 is 1.47 bits per heavy atom. The van der Waals surface area contributed by atoms with E-state index in [0.29, 0.717) is 23.9 Å². The van der Waals surface area contributed by atoms with E-state index in [1.54, 1.807) is 11.8 Å². The van der Waals surface area contributed by atoms with Gasteiger partial charge in [0.2, 0.25) is 0 Å². The highest BCUT2D eigenvalue weighted by Crippen LogP contribution is 2.22. The molecule has 0 spiro atoms. The third-order valence-electron chi connectivity index (χ3n) is 1.83. The van der Waals surface area contributed by atoms with Crippen LogP contribution < -0.4 is 0 Å². The van der Waals surface area contributed by atoms with E-state index >= 15 is 0 Å². The van der Waals surface area contributed by atoms with Crippen LogP contribution in [0.3, 0.4) is 0 Å². The second kappa shape index (κ2) is 6.19. The van der Waals surface area contributed by atoms with Crippen molar-refractivity contribution >= 4 is 29.1 Å². The van der Waals surface area contributed by atoms with E-state index < -0.39 is 0 Å². The lowest BCUT2D eigenvalue weighted by Gasteiger charge is -2.04. The molecule has 0 aliphatic heterocycles. The topological polar surface area (TPSA) is 17.1 Å². The van der Waals surface area contributed by atoms with Gasteiger partial charge in [0.25, 0.3) is 0 Å². The summed E-state index contributed by atoms with van der Waals surface area (Å²) in [6, 6.07) is 7.59. The number of thioether (sulfide) groups is 1. The molecular formula is C12H15ClOS. The van der Waals surface area contributed by atoms with Crippen LogP contribution in [0.15, 0.2) is 29.2 Å². The van der Waals surface area contributed by atoms with Gasteiger partial charge in [-0.05, 0) is 24.1 Å². The molecule has 0 heterocycles. The molecule has 0 saturated carbocycles. The Bertz CT molecular complexity index is 336. The SMILES string of the molecule is CC(C)CC(=O)CSc1cccc(Cl)c1. The summed E-state index contributed by atoms with van der Waals surface area (Å²) in [4.78, 5) is 12.5. The highest BCUT2D eigenvalue weighted by Gasteiger charge is 2.05. The zero-order chi connectivity index (χ0) is 11.3. The molecule has 0 aliphatic carbocycles. The van der Waals surface area contributed by atoms with Crippen LogP contribution >= 0.6 is 23.4 Å². The van der Waals surface area contributed by atoms with E-state index in [9.17, 15) is 4.79 Å². The molecule has 15 heavy (non-hydrogen) atoms. The fourth-order valence-corrected chi connectivity index (χ4v) is 2.32. The molecule has 0 radical (unpaired) electrons. The Labute approximate surface area is 100 Å². The van der Waals surface area contributed by atoms with Crippen LogP contribution in [0.25, 0.3) is 0 Å². The Balaban J connectivity index is 2.40. The molecule has 0 bridgehead atoms. The van der Waals surface area contributed by atoms with E-state index in [2.05, 4.69) is 13.8 Å². The van der Waals surface area contributed by atoms with Gasteiger partial charge in [0.1, 0.15) is 5.78 Å². The highest BCUT2D eigenvalue weighted by molar-refractivity contribution is 8.00. The minimum atomic E-state index is 0.301. The van der Waals surface area contributed by atoms with Gasteiger partial charge in [-0.1, -0.05) is 31.5 Å². The van der Waals surface area contributed by atoms with E-state index in [4.69, 9.17) is 11.6 Å². The predicted octanol–water partition coefficient (Wildman–Crippen LogP) is 4.05. The minimum Gasteiger partial charge on any atom is -0.299 e. The number of rotatable bonds is 5. The maximum Gasteiger partial charge on any atom is 0.143 e. The number of hydrogen-bond donors (Lipinski definition) is 0. The van der Waals surface area contributed by atoms with Crippen molar-refractivity contribution in [2.75, 3.05) is 5.75 Å². The molecule has 0 aliphatic rings. The molecule has 1 aromatic carbocycles. The zero-order valence-electron chi connectivity index (χ0n) is 9.00. The van der Waals surface area contributed by atoms with Crippen molar-refractivity contribution in [1.82, 2.24) is 0 Å². The second-order valence-electron chi connectivity index (χ2n) is 3.88. The number of carbonyl (C=O) groups excluding carboxylic acids is 1. The van der Waals surface area contributed by atoms with Gasteiger partial charge in [-0.3, -0.25) is 4.79 Å². The van der Waals surface area contributed by atoms with Gasteiger partial charge in [0.05, 0.1) is 5.75 Å². The zero-order valence-corrected chi connectivity index (χ0v) is 10.6. The fraction of sp³-hybridized carbons (Fsp3) is 0.417. The normalized spacial score (nSPS) is 10.7. The van der Waals surface area contributed by atoms with Crippen molar-refractivity contribution < 1.29 is 4.79 Å². The summed E-state index contributed by atoms with van der Waals surface area (Å²) in [6.45, 7) is 4.11. The fourth-order valence-electron chi connectivity index (χ4n) is 1.23. The maximum absolute atomic E-state index is 11.5. The summed E-state index contributed by atoms with van der Waals surface area (Å²) in [7, 11) is 0. The number of halogens is 1. The summed E-state index contributed by atoms with van der Waals surface area (Å²) in [5, 5.41) is 0.719. The molecule has 0 atom stereocenters. The minimum absolute atomic E-state index is 0.301. The van der Waals surface area contributed by atoms with Crippen LogP contribution in [0.4, 0.5) is 0 Å². The second-order valence-corrected chi connectivity index (χ2v) is 5.37.